The summed E-state index contributed by atoms with van der Waals surface area (Å²) in [6, 6.07) is 14.2. The molecule has 3 aromatic rings. The fraction of sp³-hybridized carbons (Fsp3) is 0.414. The van der Waals surface area contributed by atoms with Crippen molar-refractivity contribution in [2.24, 2.45) is 0 Å². The minimum atomic E-state index is -1.06. The Hall–Kier alpha value is -3.11. The third-order valence-corrected chi connectivity index (χ3v) is 7.93. The second-order valence-corrected chi connectivity index (χ2v) is 11.2. The molecule has 0 bridgehead atoms. The number of hydrogen-bond donors (Lipinski definition) is 0. The number of rotatable bonds is 7. The highest BCUT2D eigenvalue weighted by Gasteiger charge is 2.43. The van der Waals surface area contributed by atoms with Crippen LogP contribution in [0.1, 0.15) is 22.5 Å². The molecule has 0 N–H and O–H groups in total. The van der Waals surface area contributed by atoms with E-state index in [-0.39, 0.29) is 38.0 Å². The van der Waals surface area contributed by atoms with Gasteiger partial charge in [0.25, 0.3) is 5.91 Å². The van der Waals surface area contributed by atoms with Gasteiger partial charge in [-0.1, -0.05) is 52.6 Å². The van der Waals surface area contributed by atoms with E-state index < -0.39 is 5.60 Å². The molecule has 2 saturated heterocycles. The lowest BCUT2D eigenvalue weighted by Crippen LogP contribution is -2.59. The van der Waals surface area contributed by atoms with Crippen molar-refractivity contribution in [2.75, 3.05) is 59.5 Å². The average molecular weight is 588 g/mol. The Balaban J connectivity index is 1.41. The van der Waals surface area contributed by atoms with E-state index in [1.807, 2.05) is 24.1 Å². The van der Waals surface area contributed by atoms with Gasteiger partial charge in [0.15, 0.2) is 0 Å². The molecule has 212 valence electrons. The maximum atomic E-state index is 14.0. The van der Waals surface area contributed by atoms with Gasteiger partial charge in [-0.2, -0.15) is 0 Å². The summed E-state index contributed by atoms with van der Waals surface area (Å²) in [7, 11) is 2.04. The van der Waals surface area contributed by atoms with Gasteiger partial charge in [0.1, 0.15) is 35.0 Å². The third kappa shape index (κ3) is 6.28. The molecule has 0 radical (unpaired) electrons. The van der Waals surface area contributed by atoms with Crippen molar-refractivity contribution < 1.29 is 23.6 Å². The van der Waals surface area contributed by atoms with Crippen LogP contribution in [0.3, 0.4) is 0 Å². The lowest BCUT2D eigenvalue weighted by Gasteiger charge is -2.43. The molecule has 1 atom stereocenters. The molecule has 2 fully saturated rings. The van der Waals surface area contributed by atoms with Crippen LogP contribution in [0, 0.1) is 6.92 Å². The number of nitrogens with zero attached hydrogens (tertiary/aromatic N) is 4. The molecule has 2 aliphatic heterocycles. The molecule has 0 unspecified atom stereocenters. The first-order valence-electron chi connectivity index (χ1n) is 13.2. The van der Waals surface area contributed by atoms with E-state index in [0.717, 1.165) is 13.1 Å². The molecule has 40 heavy (non-hydrogen) atoms. The van der Waals surface area contributed by atoms with Crippen LogP contribution in [-0.2, 0) is 9.53 Å². The Morgan fingerprint density at radius 3 is 2.55 bits per heavy atom. The van der Waals surface area contributed by atoms with Crippen molar-refractivity contribution in [3.05, 3.63) is 69.9 Å². The van der Waals surface area contributed by atoms with Gasteiger partial charge in [-0.25, -0.2) is 0 Å². The smallest absolute Gasteiger partial charge is 0.259 e. The van der Waals surface area contributed by atoms with Crippen LogP contribution in [0.5, 0.6) is 5.75 Å². The number of piperazine rings is 1. The summed E-state index contributed by atoms with van der Waals surface area (Å²) in [4.78, 5) is 33.2. The van der Waals surface area contributed by atoms with Crippen LogP contribution >= 0.6 is 23.2 Å². The molecule has 11 heteroatoms. The average Bonchev–Trinajstić information content (AvgIpc) is 3.33. The molecule has 0 aliphatic carbocycles. The zero-order valence-corrected chi connectivity index (χ0v) is 24.1. The molecule has 9 nitrogen and oxygen atoms in total. The summed E-state index contributed by atoms with van der Waals surface area (Å²) in [5.41, 5.74) is 0.268. The van der Waals surface area contributed by atoms with E-state index in [1.54, 1.807) is 48.2 Å². The standard InChI is InChI=1S/C29H32Cl2N4O5/c1-20-26(27(32-40-20)23-8-3-4-9-24(23)31)28(37)35-14-15-39-29(18-35,19-38-22-7-5-6-21(30)16-22)17-25(36)34-12-10-33(2)11-13-34/h3-9,16H,10-15,17-19H2,1-2H3/t29-/m1/s1. The van der Waals surface area contributed by atoms with Gasteiger partial charge in [-0.15, -0.1) is 0 Å². The van der Waals surface area contributed by atoms with Crippen LogP contribution in [-0.4, -0.2) is 96.8 Å². The van der Waals surface area contributed by atoms with E-state index >= 15 is 0 Å². The van der Waals surface area contributed by atoms with Gasteiger partial charge in [-0.05, 0) is 38.2 Å². The highest BCUT2D eigenvalue weighted by atomic mass is 35.5. The number of halogens is 2. The monoisotopic (exact) mass is 586 g/mol. The minimum Gasteiger partial charge on any atom is -0.490 e. The molecule has 0 spiro atoms. The van der Waals surface area contributed by atoms with Crippen LogP contribution in [0.2, 0.25) is 10.0 Å². The van der Waals surface area contributed by atoms with Crippen molar-refractivity contribution in [3.8, 4) is 17.0 Å². The van der Waals surface area contributed by atoms with Gasteiger partial charge in [0.05, 0.1) is 24.6 Å². The first-order valence-corrected chi connectivity index (χ1v) is 14.0. The van der Waals surface area contributed by atoms with Crippen molar-refractivity contribution >= 4 is 35.0 Å². The number of carbonyl (C=O) groups excluding carboxylic acids is 2. The topological polar surface area (TPSA) is 88.3 Å². The molecular formula is C29H32Cl2N4O5. The number of carbonyl (C=O) groups is 2. The molecule has 5 rings (SSSR count). The fourth-order valence-electron chi connectivity index (χ4n) is 5.10. The lowest BCUT2D eigenvalue weighted by molar-refractivity contribution is -0.154. The lowest BCUT2D eigenvalue weighted by atomic mass is 9.95. The SMILES string of the molecule is Cc1onc(-c2ccccc2Cl)c1C(=O)N1CCO[C@](COc2cccc(Cl)c2)(CC(=O)N2CCN(C)CC2)C1. The minimum absolute atomic E-state index is 0.0324. The van der Waals surface area contributed by atoms with Crippen molar-refractivity contribution in [3.63, 3.8) is 0 Å². The van der Waals surface area contributed by atoms with Crippen molar-refractivity contribution in [1.29, 1.82) is 0 Å². The number of likely N-dealkylation sites (N-methyl/N-ethyl adjacent to an activating group) is 1. The van der Waals surface area contributed by atoms with E-state index in [2.05, 4.69) is 10.1 Å². The molecular weight excluding hydrogens is 555 g/mol. The number of hydrogen-bond acceptors (Lipinski definition) is 7. The number of aromatic nitrogens is 1. The Bertz CT molecular complexity index is 1370. The number of morpholine rings is 1. The van der Waals surface area contributed by atoms with Gasteiger partial charge in [0, 0.05) is 43.3 Å². The molecule has 0 saturated carbocycles. The van der Waals surface area contributed by atoms with Gasteiger partial charge in [0.2, 0.25) is 5.91 Å². The second kappa shape index (κ2) is 12.2. The zero-order chi connectivity index (χ0) is 28.3. The first-order chi connectivity index (χ1) is 19.2. The molecule has 3 heterocycles. The summed E-state index contributed by atoms with van der Waals surface area (Å²) in [5, 5.41) is 5.16. The van der Waals surface area contributed by atoms with Crippen LogP contribution < -0.4 is 4.74 Å². The summed E-state index contributed by atoms with van der Waals surface area (Å²) in [5.74, 6) is 0.647. The van der Waals surface area contributed by atoms with Gasteiger partial charge >= 0.3 is 0 Å². The van der Waals surface area contributed by atoms with Crippen molar-refractivity contribution in [2.45, 2.75) is 18.9 Å². The first kappa shape index (κ1) is 28.4. The molecule has 1 aromatic heterocycles. The third-order valence-electron chi connectivity index (χ3n) is 7.37. The normalized spacial score (nSPS) is 20.0. The highest BCUT2D eigenvalue weighted by Crippen LogP contribution is 2.33. The molecule has 2 aliphatic rings. The van der Waals surface area contributed by atoms with Crippen LogP contribution in [0.15, 0.2) is 53.1 Å². The Kier molecular flexibility index (Phi) is 8.65. The summed E-state index contributed by atoms with van der Waals surface area (Å²) >= 11 is 12.6. The van der Waals surface area contributed by atoms with E-state index in [0.29, 0.717) is 58.0 Å². The number of benzene rings is 2. The predicted molar refractivity (Wildman–Crippen MR) is 152 cm³/mol. The summed E-state index contributed by atoms with van der Waals surface area (Å²) < 4.78 is 17.9. The highest BCUT2D eigenvalue weighted by molar-refractivity contribution is 6.33. The van der Waals surface area contributed by atoms with Crippen LogP contribution in [0.4, 0.5) is 0 Å². The number of ether oxygens (including phenoxy) is 2. The maximum absolute atomic E-state index is 14.0. The van der Waals surface area contributed by atoms with Crippen molar-refractivity contribution in [1.82, 2.24) is 19.9 Å². The number of amides is 2. The summed E-state index contributed by atoms with van der Waals surface area (Å²) in [6.07, 6.45) is 0.0705. The molecule has 2 aromatic carbocycles. The van der Waals surface area contributed by atoms with Gasteiger partial charge in [-0.3, -0.25) is 9.59 Å². The fourth-order valence-corrected chi connectivity index (χ4v) is 5.50. The second-order valence-electron chi connectivity index (χ2n) is 10.3. The summed E-state index contributed by atoms with van der Waals surface area (Å²) in [6.45, 7) is 5.40. The molecule has 2 amide bonds. The predicted octanol–water partition coefficient (Wildman–Crippen LogP) is 4.41. The Morgan fingerprint density at radius 1 is 1.02 bits per heavy atom. The quantitative estimate of drug-likeness (QED) is 0.405. The van der Waals surface area contributed by atoms with Crippen LogP contribution in [0.25, 0.3) is 11.3 Å². The van der Waals surface area contributed by atoms with E-state index in [1.165, 1.54) is 0 Å². The maximum Gasteiger partial charge on any atom is 0.259 e. The van der Waals surface area contributed by atoms with E-state index in [4.69, 9.17) is 37.2 Å². The van der Waals surface area contributed by atoms with E-state index in [9.17, 15) is 9.59 Å². The van der Waals surface area contributed by atoms with Gasteiger partial charge < -0.3 is 28.7 Å². The largest absolute Gasteiger partial charge is 0.490 e. The Labute approximate surface area is 243 Å². The zero-order valence-electron chi connectivity index (χ0n) is 22.6. The number of aryl methyl sites for hydroxylation is 1. The Morgan fingerprint density at radius 2 is 1.80 bits per heavy atom.